The minimum absolute atomic E-state index is 0.114. The summed E-state index contributed by atoms with van der Waals surface area (Å²) in [5, 5.41) is 9.29. The Kier molecular flexibility index (Phi) is 4.98. The van der Waals surface area contributed by atoms with Gasteiger partial charge in [-0.1, -0.05) is 25.1 Å². The zero-order valence-corrected chi connectivity index (χ0v) is 12.0. The van der Waals surface area contributed by atoms with Crippen LogP contribution in [0.5, 0.6) is 0 Å². The van der Waals surface area contributed by atoms with Crippen molar-refractivity contribution in [2.45, 2.75) is 26.3 Å². The maximum Gasteiger partial charge on any atom is 0.246 e. The average Bonchev–Trinajstić information content (AvgIpc) is 3.13. The molecule has 2 rings (SSSR count). The SMILES string of the molecule is CCNC(=NCC(=O)Nc1ccccc1)NC1CC1C. The largest absolute Gasteiger partial charge is 0.357 e. The lowest BCUT2D eigenvalue weighted by atomic mass is 10.3. The molecule has 0 bridgehead atoms. The minimum Gasteiger partial charge on any atom is -0.357 e. The standard InChI is InChI=1S/C15H22N4O/c1-3-16-15(19-13-9-11(13)2)17-10-14(20)18-12-7-5-4-6-8-12/h4-8,11,13H,3,9-10H2,1-2H3,(H,18,20)(H2,16,17,19). The van der Waals surface area contributed by atoms with Crippen LogP contribution < -0.4 is 16.0 Å². The first-order chi connectivity index (χ1) is 9.69. The van der Waals surface area contributed by atoms with Crippen molar-refractivity contribution in [1.29, 1.82) is 0 Å². The predicted octanol–water partition coefficient (Wildman–Crippen LogP) is 1.59. The number of carbonyl (C=O) groups is 1. The molecule has 108 valence electrons. The maximum absolute atomic E-state index is 11.8. The third-order valence-electron chi connectivity index (χ3n) is 3.21. The average molecular weight is 274 g/mol. The molecule has 5 nitrogen and oxygen atoms in total. The van der Waals surface area contributed by atoms with Gasteiger partial charge in [-0.3, -0.25) is 4.79 Å². The molecular formula is C15H22N4O. The monoisotopic (exact) mass is 274 g/mol. The van der Waals surface area contributed by atoms with Gasteiger partial charge in [0.15, 0.2) is 5.96 Å². The zero-order chi connectivity index (χ0) is 14.4. The molecule has 1 aliphatic carbocycles. The van der Waals surface area contributed by atoms with E-state index in [4.69, 9.17) is 0 Å². The van der Waals surface area contributed by atoms with Gasteiger partial charge in [-0.25, -0.2) is 4.99 Å². The number of guanidine groups is 1. The Morgan fingerprint density at radius 3 is 2.65 bits per heavy atom. The van der Waals surface area contributed by atoms with Crippen LogP contribution in [0.25, 0.3) is 0 Å². The Balaban J connectivity index is 1.83. The molecule has 0 spiro atoms. The number of para-hydroxylation sites is 1. The summed E-state index contributed by atoms with van der Waals surface area (Å²) in [7, 11) is 0. The Hall–Kier alpha value is -2.04. The molecule has 1 saturated carbocycles. The van der Waals surface area contributed by atoms with Gasteiger partial charge in [0.2, 0.25) is 5.91 Å². The van der Waals surface area contributed by atoms with Crippen molar-refractivity contribution >= 4 is 17.6 Å². The zero-order valence-electron chi connectivity index (χ0n) is 12.0. The topological polar surface area (TPSA) is 65.5 Å². The Labute approximate surface area is 119 Å². The summed E-state index contributed by atoms with van der Waals surface area (Å²) in [6.07, 6.45) is 1.17. The molecule has 1 aliphatic rings. The van der Waals surface area contributed by atoms with Crippen LogP contribution in [0.4, 0.5) is 5.69 Å². The van der Waals surface area contributed by atoms with Crippen molar-refractivity contribution in [3.63, 3.8) is 0 Å². The third kappa shape index (κ3) is 4.57. The predicted molar refractivity (Wildman–Crippen MR) is 81.8 cm³/mol. The lowest BCUT2D eigenvalue weighted by Crippen LogP contribution is -2.39. The second-order valence-corrected chi connectivity index (χ2v) is 5.07. The second-order valence-electron chi connectivity index (χ2n) is 5.07. The maximum atomic E-state index is 11.8. The van der Waals surface area contributed by atoms with E-state index in [0.717, 1.165) is 12.2 Å². The summed E-state index contributed by atoms with van der Waals surface area (Å²) in [5.74, 6) is 1.29. The van der Waals surface area contributed by atoms with Crippen LogP contribution in [0.2, 0.25) is 0 Å². The molecule has 1 aromatic rings. The second kappa shape index (κ2) is 6.93. The van der Waals surface area contributed by atoms with Gasteiger partial charge in [0.25, 0.3) is 0 Å². The van der Waals surface area contributed by atoms with Gasteiger partial charge in [0.1, 0.15) is 6.54 Å². The summed E-state index contributed by atoms with van der Waals surface area (Å²) >= 11 is 0. The molecule has 0 heterocycles. The molecule has 0 saturated heterocycles. The first kappa shape index (κ1) is 14.4. The molecule has 1 aromatic carbocycles. The van der Waals surface area contributed by atoms with Crippen molar-refractivity contribution in [3.05, 3.63) is 30.3 Å². The molecule has 20 heavy (non-hydrogen) atoms. The molecule has 1 fully saturated rings. The Bertz CT molecular complexity index is 472. The number of nitrogens with zero attached hydrogens (tertiary/aromatic N) is 1. The van der Waals surface area contributed by atoms with E-state index < -0.39 is 0 Å². The van der Waals surface area contributed by atoms with E-state index in [0.29, 0.717) is 17.9 Å². The highest BCUT2D eigenvalue weighted by Gasteiger charge is 2.33. The van der Waals surface area contributed by atoms with Crippen LogP contribution >= 0.6 is 0 Å². The summed E-state index contributed by atoms with van der Waals surface area (Å²) < 4.78 is 0. The van der Waals surface area contributed by atoms with E-state index in [2.05, 4.69) is 27.9 Å². The Morgan fingerprint density at radius 2 is 2.05 bits per heavy atom. The van der Waals surface area contributed by atoms with Crippen LogP contribution in [0, 0.1) is 5.92 Å². The van der Waals surface area contributed by atoms with Gasteiger partial charge in [-0.15, -0.1) is 0 Å². The lowest BCUT2D eigenvalue weighted by molar-refractivity contribution is -0.114. The molecule has 0 aromatic heterocycles. The quantitative estimate of drug-likeness (QED) is 0.564. The fraction of sp³-hybridized carbons (Fsp3) is 0.467. The normalized spacial score (nSPS) is 21.2. The van der Waals surface area contributed by atoms with E-state index in [1.54, 1.807) is 0 Å². The van der Waals surface area contributed by atoms with E-state index >= 15 is 0 Å². The van der Waals surface area contributed by atoms with Crippen LogP contribution in [-0.4, -0.2) is 31.0 Å². The highest BCUT2D eigenvalue weighted by Crippen LogP contribution is 2.28. The van der Waals surface area contributed by atoms with Crippen molar-refractivity contribution < 1.29 is 4.79 Å². The van der Waals surface area contributed by atoms with Crippen molar-refractivity contribution in [3.8, 4) is 0 Å². The van der Waals surface area contributed by atoms with Crippen LogP contribution in [0.1, 0.15) is 20.3 Å². The highest BCUT2D eigenvalue weighted by atomic mass is 16.1. The van der Waals surface area contributed by atoms with Gasteiger partial charge in [-0.05, 0) is 31.4 Å². The number of anilines is 1. The number of aliphatic imine (C=N–C) groups is 1. The molecule has 0 radical (unpaired) electrons. The van der Waals surface area contributed by atoms with Gasteiger partial charge in [0.05, 0.1) is 0 Å². The fourth-order valence-corrected chi connectivity index (χ4v) is 1.89. The van der Waals surface area contributed by atoms with E-state index in [-0.39, 0.29) is 12.5 Å². The smallest absolute Gasteiger partial charge is 0.246 e. The number of carbonyl (C=O) groups excluding carboxylic acids is 1. The number of amides is 1. The lowest BCUT2D eigenvalue weighted by Gasteiger charge is -2.10. The van der Waals surface area contributed by atoms with Gasteiger partial charge >= 0.3 is 0 Å². The van der Waals surface area contributed by atoms with Crippen molar-refractivity contribution in [2.75, 3.05) is 18.4 Å². The number of rotatable bonds is 5. The van der Waals surface area contributed by atoms with E-state index in [1.807, 2.05) is 37.3 Å². The minimum atomic E-state index is -0.114. The van der Waals surface area contributed by atoms with Crippen LogP contribution in [0.15, 0.2) is 35.3 Å². The Morgan fingerprint density at radius 1 is 1.35 bits per heavy atom. The van der Waals surface area contributed by atoms with Crippen LogP contribution in [0.3, 0.4) is 0 Å². The van der Waals surface area contributed by atoms with Crippen molar-refractivity contribution in [2.24, 2.45) is 10.9 Å². The molecule has 1 amide bonds. The first-order valence-electron chi connectivity index (χ1n) is 7.08. The number of benzene rings is 1. The summed E-state index contributed by atoms with van der Waals surface area (Å²) in [5.41, 5.74) is 0.793. The molecular weight excluding hydrogens is 252 g/mol. The number of nitrogens with one attached hydrogen (secondary N) is 3. The van der Waals surface area contributed by atoms with Gasteiger partial charge < -0.3 is 16.0 Å². The molecule has 0 aliphatic heterocycles. The van der Waals surface area contributed by atoms with Gasteiger partial charge in [0, 0.05) is 18.3 Å². The first-order valence-corrected chi connectivity index (χ1v) is 7.08. The van der Waals surface area contributed by atoms with E-state index in [9.17, 15) is 4.79 Å². The van der Waals surface area contributed by atoms with Crippen molar-refractivity contribution in [1.82, 2.24) is 10.6 Å². The third-order valence-corrected chi connectivity index (χ3v) is 3.21. The fourth-order valence-electron chi connectivity index (χ4n) is 1.89. The highest BCUT2D eigenvalue weighted by molar-refractivity contribution is 5.94. The van der Waals surface area contributed by atoms with E-state index in [1.165, 1.54) is 6.42 Å². The van der Waals surface area contributed by atoms with Gasteiger partial charge in [-0.2, -0.15) is 0 Å². The summed E-state index contributed by atoms with van der Waals surface area (Å²) in [4.78, 5) is 16.1. The molecule has 3 N–H and O–H groups in total. The molecule has 5 heteroatoms. The van der Waals surface area contributed by atoms with Crippen LogP contribution in [-0.2, 0) is 4.79 Å². The number of hydrogen-bond acceptors (Lipinski definition) is 2. The summed E-state index contributed by atoms with van der Waals surface area (Å²) in [6.45, 7) is 5.11. The molecule has 2 unspecified atom stereocenters. The summed E-state index contributed by atoms with van der Waals surface area (Å²) in [6, 6.07) is 9.90. The number of hydrogen-bond donors (Lipinski definition) is 3. The molecule has 2 atom stereocenters.